The second-order valence-corrected chi connectivity index (χ2v) is 7.49. The molecule has 3 aromatic rings. The summed E-state index contributed by atoms with van der Waals surface area (Å²) in [4.78, 5) is 24.6. The van der Waals surface area contributed by atoms with Crippen molar-refractivity contribution in [1.29, 1.82) is 0 Å². The molecule has 1 unspecified atom stereocenters. The van der Waals surface area contributed by atoms with Gasteiger partial charge in [0.05, 0.1) is 0 Å². The van der Waals surface area contributed by atoms with Gasteiger partial charge in [-0.15, -0.1) is 10.2 Å². The van der Waals surface area contributed by atoms with E-state index < -0.39 is 6.04 Å². The van der Waals surface area contributed by atoms with Crippen molar-refractivity contribution in [3.63, 3.8) is 0 Å². The topological polar surface area (TPSA) is 84.0 Å². The zero-order valence-corrected chi connectivity index (χ0v) is 16.8. The van der Waals surface area contributed by atoms with Gasteiger partial charge in [-0.3, -0.25) is 14.9 Å². The summed E-state index contributed by atoms with van der Waals surface area (Å²) in [6, 6.07) is 16.1. The minimum atomic E-state index is -0.697. The molecule has 2 amide bonds. The summed E-state index contributed by atoms with van der Waals surface area (Å²) in [6.07, 6.45) is 0.694. The molecule has 0 spiro atoms. The first-order chi connectivity index (χ1) is 13.5. The highest BCUT2D eigenvalue weighted by molar-refractivity contribution is 7.18. The molecule has 3 rings (SSSR count). The molecule has 0 fully saturated rings. The van der Waals surface area contributed by atoms with E-state index >= 15 is 0 Å². The van der Waals surface area contributed by atoms with Crippen LogP contribution in [0.4, 0.5) is 5.13 Å². The molecule has 0 aliphatic rings. The molecular formula is C20H19ClN4O2S. The van der Waals surface area contributed by atoms with Crippen molar-refractivity contribution in [3.05, 3.63) is 65.2 Å². The maximum Gasteiger partial charge on any atom is 0.249 e. The number of aromatic nitrogens is 2. The summed E-state index contributed by atoms with van der Waals surface area (Å²) >= 11 is 7.16. The lowest BCUT2D eigenvalue weighted by Crippen LogP contribution is -2.45. The first-order valence-corrected chi connectivity index (χ1v) is 9.98. The van der Waals surface area contributed by atoms with Crippen LogP contribution in [-0.2, 0) is 16.0 Å². The Balaban J connectivity index is 1.72. The van der Waals surface area contributed by atoms with Crippen molar-refractivity contribution in [2.24, 2.45) is 0 Å². The lowest BCUT2D eigenvalue weighted by Gasteiger charge is -2.17. The second-order valence-electron chi connectivity index (χ2n) is 6.07. The lowest BCUT2D eigenvalue weighted by molar-refractivity contribution is -0.126. The van der Waals surface area contributed by atoms with Gasteiger partial charge in [-0.2, -0.15) is 0 Å². The van der Waals surface area contributed by atoms with Crippen molar-refractivity contribution in [2.45, 2.75) is 25.8 Å². The fourth-order valence-electron chi connectivity index (χ4n) is 2.53. The maximum absolute atomic E-state index is 12.8. The molecule has 0 aliphatic carbocycles. The Bertz CT molecular complexity index is 944. The zero-order valence-electron chi connectivity index (χ0n) is 15.2. The first-order valence-electron chi connectivity index (χ1n) is 8.78. The fourth-order valence-corrected chi connectivity index (χ4v) is 3.41. The van der Waals surface area contributed by atoms with E-state index in [1.807, 2.05) is 42.5 Å². The summed E-state index contributed by atoms with van der Waals surface area (Å²) in [5, 5.41) is 15.4. The highest BCUT2D eigenvalue weighted by atomic mass is 35.5. The van der Waals surface area contributed by atoms with Gasteiger partial charge in [0.2, 0.25) is 16.9 Å². The van der Waals surface area contributed by atoms with Crippen molar-refractivity contribution in [2.75, 3.05) is 5.32 Å². The molecule has 1 atom stereocenters. The molecule has 1 heterocycles. The summed E-state index contributed by atoms with van der Waals surface area (Å²) in [5.74, 6) is -0.514. The van der Waals surface area contributed by atoms with Gasteiger partial charge < -0.3 is 5.32 Å². The number of amides is 2. The standard InChI is InChI=1S/C20H19ClN4O2S/c1-2-17(26)22-16(12-13-6-4-3-5-7-13)18(27)23-20-25-24-19(28-20)14-8-10-15(21)11-9-14/h3-11,16H,2,12H2,1H3,(H,22,26)(H,23,25,27). The van der Waals surface area contributed by atoms with E-state index in [9.17, 15) is 9.59 Å². The minimum absolute atomic E-state index is 0.185. The van der Waals surface area contributed by atoms with Gasteiger partial charge in [0.25, 0.3) is 0 Å². The maximum atomic E-state index is 12.8. The largest absolute Gasteiger partial charge is 0.344 e. The van der Waals surface area contributed by atoms with Crippen LogP contribution in [0.5, 0.6) is 0 Å². The summed E-state index contributed by atoms with van der Waals surface area (Å²) in [7, 11) is 0. The van der Waals surface area contributed by atoms with Crippen LogP contribution in [0.2, 0.25) is 5.02 Å². The van der Waals surface area contributed by atoms with Gasteiger partial charge >= 0.3 is 0 Å². The molecular weight excluding hydrogens is 396 g/mol. The van der Waals surface area contributed by atoms with Gasteiger partial charge in [0, 0.05) is 23.4 Å². The summed E-state index contributed by atoms with van der Waals surface area (Å²) < 4.78 is 0. The molecule has 0 bridgehead atoms. The third-order valence-electron chi connectivity index (χ3n) is 4.00. The number of halogens is 1. The Kier molecular flexibility index (Phi) is 6.73. The Labute approximate surface area is 172 Å². The fraction of sp³-hybridized carbons (Fsp3) is 0.200. The number of carbonyl (C=O) groups excluding carboxylic acids is 2. The smallest absolute Gasteiger partial charge is 0.249 e. The molecule has 6 nitrogen and oxygen atoms in total. The zero-order chi connectivity index (χ0) is 19.9. The van der Waals surface area contributed by atoms with Crippen LogP contribution in [0.1, 0.15) is 18.9 Å². The van der Waals surface area contributed by atoms with Crippen LogP contribution in [0, 0.1) is 0 Å². The van der Waals surface area contributed by atoms with E-state index in [1.54, 1.807) is 19.1 Å². The van der Waals surface area contributed by atoms with E-state index in [-0.39, 0.29) is 11.8 Å². The highest BCUT2D eigenvalue weighted by Crippen LogP contribution is 2.27. The number of carbonyl (C=O) groups is 2. The van der Waals surface area contributed by atoms with Gasteiger partial charge in [0.1, 0.15) is 11.0 Å². The third kappa shape index (κ3) is 5.37. The number of hydrogen-bond donors (Lipinski definition) is 2. The van der Waals surface area contributed by atoms with E-state index in [2.05, 4.69) is 20.8 Å². The monoisotopic (exact) mass is 414 g/mol. The molecule has 8 heteroatoms. The van der Waals surface area contributed by atoms with E-state index in [0.29, 0.717) is 28.0 Å². The average molecular weight is 415 g/mol. The quantitative estimate of drug-likeness (QED) is 0.613. The summed E-state index contributed by atoms with van der Waals surface area (Å²) in [5.41, 5.74) is 1.82. The predicted molar refractivity (Wildman–Crippen MR) is 111 cm³/mol. The van der Waals surface area contributed by atoms with Crippen molar-refractivity contribution < 1.29 is 9.59 Å². The van der Waals surface area contributed by atoms with Crippen LogP contribution in [0.3, 0.4) is 0 Å². The number of benzene rings is 2. The average Bonchev–Trinajstić information content (AvgIpc) is 3.17. The lowest BCUT2D eigenvalue weighted by atomic mass is 10.1. The van der Waals surface area contributed by atoms with Crippen LogP contribution in [0.25, 0.3) is 10.6 Å². The predicted octanol–water partition coefficient (Wildman–Crippen LogP) is 3.93. The number of anilines is 1. The van der Waals surface area contributed by atoms with E-state index in [1.165, 1.54) is 11.3 Å². The van der Waals surface area contributed by atoms with Crippen molar-refractivity contribution >= 4 is 39.9 Å². The van der Waals surface area contributed by atoms with E-state index in [4.69, 9.17) is 11.6 Å². The second kappa shape index (κ2) is 9.43. The SMILES string of the molecule is CCC(=O)NC(Cc1ccccc1)C(=O)Nc1nnc(-c2ccc(Cl)cc2)s1. The van der Waals surface area contributed by atoms with Gasteiger partial charge in [-0.1, -0.05) is 72.3 Å². The van der Waals surface area contributed by atoms with Crippen molar-refractivity contribution in [1.82, 2.24) is 15.5 Å². The Hall–Kier alpha value is -2.77. The molecule has 0 saturated carbocycles. The summed E-state index contributed by atoms with van der Waals surface area (Å²) in [6.45, 7) is 1.75. The molecule has 0 radical (unpaired) electrons. The minimum Gasteiger partial charge on any atom is -0.344 e. The molecule has 2 aromatic carbocycles. The molecule has 2 N–H and O–H groups in total. The van der Waals surface area contributed by atoms with Crippen LogP contribution in [-0.4, -0.2) is 28.1 Å². The Morgan fingerprint density at radius 1 is 1.07 bits per heavy atom. The molecule has 1 aromatic heterocycles. The number of rotatable bonds is 7. The van der Waals surface area contributed by atoms with Gasteiger partial charge in [-0.25, -0.2) is 0 Å². The van der Waals surface area contributed by atoms with Crippen molar-refractivity contribution in [3.8, 4) is 10.6 Å². The van der Waals surface area contributed by atoms with Crippen LogP contribution in [0.15, 0.2) is 54.6 Å². The first kappa shape index (κ1) is 20.0. The van der Waals surface area contributed by atoms with Gasteiger partial charge in [0.15, 0.2) is 0 Å². The highest BCUT2D eigenvalue weighted by Gasteiger charge is 2.22. The molecule has 0 saturated heterocycles. The number of hydrogen-bond acceptors (Lipinski definition) is 5. The van der Waals surface area contributed by atoms with Crippen LogP contribution < -0.4 is 10.6 Å². The molecule has 144 valence electrons. The Morgan fingerprint density at radius 2 is 1.79 bits per heavy atom. The number of nitrogens with zero attached hydrogens (tertiary/aromatic N) is 2. The molecule has 0 aliphatic heterocycles. The molecule has 28 heavy (non-hydrogen) atoms. The normalized spacial score (nSPS) is 11.6. The van der Waals surface area contributed by atoms with Crippen LogP contribution >= 0.6 is 22.9 Å². The third-order valence-corrected chi connectivity index (χ3v) is 5.14. The Morgan fingerprint density at radius 3 is 2.46 bits per heavy atom. The van der Waals surface area contributed by atoms with Gasteiger partial charge in [-0.05, 0) is 17.7 Å². The number of nitrogens with one attached hydrogen (secondary N) is 2. The van der Waals surface area contributed by atoms with E-state index in [0.717, 1.165) is 11.1 Å².